The van der Waals surface area contributed by atoms with Crippen molar-refractivity contribution < 1.29 is 4.52 Å². The van der Waals surface area contributed by atoms with Crippen LogP contribution in [0.15, 0.2) is 22.9 Å². The predicted octanol–water partition coefficient (Wildman–Crippen LogP) is 2.49. The number of hydrogen-bond acceptors (Lipinski definition) is 5. The van der Waals surface area contributed by atoms with E-state index in [1.54, 1.807) is 6.20 Å². The maximum Gasteiger partial charge on any atom is 0.258 e. The van der Waals surface area contributed by atoms with Gasteiger partial charge < -0.3 is 10.3 Å². The Labute approximate surface area is 112 Å². The first-order chi connectivity index (χ1) is 9.26. The Bertz CT molecular complexity index is 566. The van der Waals surface area contributed by atoms with Crippen molar-refractivity contribution in [1.29, 1.82) is 0 Å². The molecule has 5 nitrogen and oxygen atoms in total. The molecule has 1 saturated carbocycles. The zero-order valence-corrected chi connectivity index (χ0v) is 11.0. The van der Waals surface area contributed by atoms with Crippen molar-refractivity contribution in [2.45, 2.75) is 38.6 Å². The van der Waals surface area contributed by atoms with Crippen LogP contribution < -0.4 is 5.73 Å². The average Bonchev–Trinajstić information content (AvgIpc) is 3.07. The van der Waals surface area contributed by atoms with Crippen molar-refractivity contribution in [3.8, 4) is 11.5 Å². The van der Waals surface area contributed by atoms with Gasteiger partial charge in [-0.05, 0) is 37.3 Å². The Morgan fingerprint density at radius 1 is 1.42 bits per heavy atom. The molecule has 0 bridgehead atoms. The van der Waals surface area contributed by atoms with Crippen LogP contribution >= 0.6 is 0 Å². The summed E-state index contributed by atoms with van der Waals surface area (Å²) in [5.74, 6) is 2.61. The summed E-state index contributed by atoms with van der Waals surface area (Å²) < 4.78 is 5.37. The fraction of sp³-hybridized carbons (Fsp3) is 0.500. The number of rotatable bonds is 3. The lowest BCUT2D eigenvalue weighted by atomic mass is 10.1. The predicted molar refractivity (Wildman–Crippen MR) is 71.2 cm³/mol. The zero-order valence-electron chi connectivity index (χ0n) is 11.0. The van der Waals surface area contributed by atoms with Gasteiger partial charge >= 0.3 is 0 Å². The molecule has 1 aliphatic rings. The van der Waals surface area contributed by atoms with Crippen molar-refractivity contribution >= 4 is 0 Å². The molecule has 0 radical (unpaired) electrons. The molecule has 3 rings (SSSR count). The topological polar surface area (TPSA) is 77.8 Å². The molecule has 2 heterocycles. The van der Waals surface area contributed by atoms with E-state index in [0.717, 1.165) is 35.8 Å². The minimum atomic E-state index is 0.412. The molecule has 0 aliphatic heterocycles. The molecule has 2 N–H and O–H groups in total. The van der Waals surface area contributed by atoms with Crippen LogP contribution in [0.5, 0.6) is 0 Å². The summed E-state index contributed by atoms with van der Waals surface area (Å²) in [6.45, 7) is 2.69. The van der Waals surface area contributed by atoms with Crippen LogP contribution in [-0.2, 0) is 6.54 Å². The van der Waals surface area contributed by atoms with Gasteiger partial charge in [-0.25, -0.2) is 0 Å². The summed E-state index contributed by atoms with van der Waals surface area (Å²) in [5, 5.41) is 4.13. The molecule has 0 amide bonds. The highest BCUT2D eigenvalue weighted by Crippen LogP contribution is 2.37. The number of nitrogens with two attached hydrogens (primary N) is 1. The van der Waals surface area contributed by atoms with Crippen LogP contribution in [0.4, 0.5) is 0 Å². The van der Waals surface area contributed by atoms with Gasteiger partial charge in [0, 0.05) is 24.2 Å². The molecule has 2 unspecified atom stereocenters. The van der Waals surface area contributed by atoms with Gasteiger partial charge in [-0.15, -0.1) is 0 Å². The van der Waals surface area contributed by atoms with Gasteiger partial charge in [0.1, 0.15) is 0 Å². The van der Waals surface area contributed by atoms with Crippen LogP contribution in [0.25, 0.3) is 11.5 Å². The number of nitrogens with zero attached hydrogens (tertiary/aromatic N) is 3. The second-order valence-corrected chi connectivity index (χ2v) is 5.31. The molecule has 2 atom stereocenters. The summed E-state index contributed by atoms with van der Waals surface area (Å²) in [6.07, 6.45) is 5.29. The van der Waals surface area contributed by atoms with E-state index in [0.29, 0.717) is 18.4 Å². The number of hydrogen-bond donors (Lipinski definition) is 1. The first-order valence-corrected chi connectivity index (χ1v) is 6.75. The molecule has 2 aromatic rings. The van der Waals surface area contributed by atoms with Gasteiger partial charge in [0.2, 0.25) is 0 Å². The molecular weight excluding hydrogens is 240 g/mol. The maximum atomic E-state index is 5.59. The van der Waals surface area contributed by atoms with E-state index in [2.05, 4.69) is 22.0 Å². The summed E-state index contributed by atoms with van der Waals surface area (Å²) >= 11 is 0. The van der Waals surface area contributed by atoms with Gasteiger partial charge in [-0.3, -0.25) is 4.98 Å². The second-order valence-electron chi connectivity index (χ2n) is 5.31. The van der Waals surface area contributed by atoms with E-state index in [1.807, 2.05) is 12.1 Å². The third-order valence-corrected chi connectivity index (χ3v) is 3.77. The molecule has 0 spiro atoms. The molecule has 19 heavy (non-hydrogen) atoms. The van der Waals surface area contributed by atoms with Crippen LogP contribution in [0.1, 0.15) is 43.6 Å². The van der Waals surface area contributed by atoms with Gasteiger partial charge in [0.15, 0.2) is 5.82 Å². The Morgan fingerprint density at radius 3 is 3.05 bits per heavy atom. The third kappa shape index (κ3) is 2.51. The molecular formula is C14H18N4O. The third-order valence-electron chi connectivity index (χ3n) is 3.77. The van der Waals surface area contributed by atoms with E-state index < -0.39 is 0 Å². The summed E-state index contributed by atoms with van der Waals surface area (Å²) in [4.78, 5) is 8.69. The molecule has 100 valence electrons. The van der Waals surface area contributed by atoms with Crippen molar-refractivity contribution in [3.05, 3.63) is 29.8 Å². The Balaban J connectivity index is 1.84. The van der Waals surface area contributed by atoms with Gasteiger partial charge in [-0.1, -0.05) is 12.1 Å². The largest absolute Gasteiger partial charge is 0.334 e. The maximum absolute atomic E-state index is 5.59. The number of pyridine rings is 1. The van der Waals surface area contributed by atoms with Crippen molar-refractivity contribution in [2.24, 2.45) is 11.7 Å². The van der Waals surface area contributed by atoms with E-state index in [4.69, 9.17) is 10.3 Å². The summed E-state index contributed by atoms with van der Waals surface area (Å²) in [5.41, 5.74) is 7.30. The molecule has 0 aromatic carbocycles. The highest BCUT2D eigenvalue weighted by Gasteiger charge is 2.27. The lowest BCUT2D eigenvalue weighted by molar-refractivity contribution is 0.414. The standard InChI is InChI=1S/C14H18N4O/c1-9-2-3-10(6-9)13-17-14(19-18-13)11-4-5-16-12(7-11)8-15/h4-5,7,9-10H,2-3,6,8,15H2,1H3. The molecule has 2 aromatic heterocycles. The molecule has 5 heteroatoms. The Hall–Kier alpha value is -1.75. The lowest BCUT2D eigenvalue weighted by Crippen LogP contribution is -1.99. The first kappa shape index (κ1) is 12.3. The number of aromatic nitrogens is 3. The van der Waals surface area contributed by atoms with E-state index in [-0.39, 0.29) is 0 Å². The fourth-order valence-corrected chi connectivity index (χ4v) is 2.68. The zero-order chi connectivity index (χ0) is 13.2. The fourth-order valence-electron chi connectivity index (χ4n) is 2.68. The summed E-state index contributed by atoms with van der Waals surface area (Å²) in [6, 6.07) is 3.77. The Kier molecular flexibility index (Phi) is 3.29. The monoisotopic (exact) mass is 258 g/mol. The van der Waals surface area contributed by atoms with Crippen LogP contribution in [0, 0.1) is 5.92 Å². The second kappa shape index (κ2) is 5.09. The molecule has 1 fully saturated rings. The SMILES string of the molecule is CC1CCC(c2noc(-c3ccnc(CN)c3)n2)C1. The van der Waals surface area contributed by atoms with Crippen LogP contribution in [-0.4, -0.2) is 15.1 Å². The normalized spacial score (nSPS) is 22.8. The first-order valence-electron chi connectivity index (χ1n) is 6.75. The van der Waals surface area contributed by atoms with Crippen LogP contribution in [0.3, 0.4) is 0 Å². The quantitative estimate of drug-likeness (QED) is 0.915. The van der Waals surface area contributed by atoms with Gasteiger partial charge in [0.25, 0.3) is 5.89 Å². The van der Waals surface area contributed by atoms with E-state index in [9.17, 15) is 0 Å². The van der Waals surface area contributed by atoms with E-state index in [1.165, 1.54) is 6.42 Å². The van der Waals surface area contributed by atoms with Crippen molar-refractivity contribution in [2.75, 3.05) is 0 Å². The van der Waals surface area contributed by atoms with E-state index >= 15 is 0 Å². The highest BCUT2D eigenvalue weighted by molar-refractivity contribution is 5.52. The molecule has 0 saturated heterocycles. The van der Waals surface area contributed by atoms with Crippen LogP contribution in [0.2, 0.25) is 0 Å². The summed E-state index contributed by atoms with van der Waals surface area (Å²) in [7, 11) is 0. The van der Waals surface area contributed by atoms with Gasteiger partial charge in [0.05, 0.1) is 5.69 Å². The minimum absolute atomic E-state index is 0.412. The lowest BCUT2D eigenvalue weighted by Gasteiger charge is -2.01. The highest BCUT2D eigenvalue weighted by atomic mass is 16.5. The Morgan fingerprint density at radius 2 is 2.32 bits per heavy atom. The van der Waals surface area contributed by atoms with Crippen molar-refractivity contribution in [3.63, 3.8) is 0 Å². The minimum Gasteiger partial charge on any atom is -0.334 e. The van der Waals surface area contributed by atoms with Gasteiger partial charge in [-0.2, -0.15) is 4.98 Å². The average molecular weight is 258 g/mol. The van der Waals surface area contributed by atoms with Crippen molar-refractivity contribution in [1.82, 2.24) is 15.1 Å². The smallest absolute Gasteiger partial charge is 0.258 e. The molecule has 1 aliphatic carbocycles.